The minimum absolute atomic E-state index is 0.0378. The molecule has 0 saturated carbocycles. The van der Waals surface area contributed by atoms with Crippen molar-refractivity contribution in [1.29, 1.82) is 0 Å². The topological polar surface area (TPSA) is 494 Å². The highest BCUT2D eigenvalue weighted by Crippen LogP contribution is 2.42. The number of aromatic nitrogens is 6. The Balaban J connectivity index is 0.00000278. The van der Waals surface area contributed by atoms with Crippen LogP contribution in [0.25, 0.3) is 0 Å². The number of hydrogen-bond acceptors (Lipinski definition) is 30. The summed E-state index contributed by atoms with van der Waals surface area (Å²) in [5.41, 5.74) is 2.61. The van der Waals surface area contributed by atoms with Crippen molar-refractivity contribution in [3.63, 3.8) is 0 Å². The van der Waals surface area contributed by atoms with E-state index in [2.05, 4.69) is 36.6 Å². The van der Waals surface area contributed by atoms with Crippen LogP contribution in [0.15, 0.2) is 48.8 Å². The second-order valence-electron chi connectivity index (χ2n) is 22.0. The number of benzene rings is 3. The number of ketones is 1. The number of rotatable bonds is 50. The monoisotopic (exact) mass is 1560 g/mol. The summed E-state index contributed by atoms with van der Waals surface area (Å²) in [6, 6.07) is 9.65. The van der Waals surface area contributed by atoms with Crippen LogP contribution in [0, 0.1) is 0 Å². The zero-order chi connectivity index (χ0) is 76.6. The second-order valence-corrected chi connectivity index (χ2v) is 26.4. The number of likely N-dealkylation sites (N-methyl/N-ethyl adjacent to an activating group) is 1. The minimum atomic E-state index is -4.26. The van der Waals surface area contributed by atoms with Crippen molar-refractivity contribution in [2.24, 2.45) is 0 Å². The number of aryl methyl sites for hydroxylation is 4. The Morgan fingerprint density at radius 3 is 1.07 bits per heavy atom. The molecule has 0 unspecified atom stereocenters. The van der Waals surface area contributed by atoms with Gasteiger partial charge in [0.05, 0.1) is 75.7 Å². The molecule has 0 bridgehead atoms. The van der Waals surface area contributed by atoms with Crippen LogP contribution in [-0.2, 0) is 78.0 Å². The normalized spacial score (nSPS) is 10.8. The van der Waals surface area contributed by atoms with Gasteiger partial charge in [0.15, 0.2) is 40.3 Å². The molecule has 2 heterocycles. The van der Waals surface area contributed by atoms with Crippen LogP contribution in [0.4, 0.5) is 0 Å². The van der Waals surface area contributed by atoms with E-state index in [4.69, 9.17) is 80.5 Å². The number of amides is 2. The van der Waals surface area contributed by atoms with Gasteiger partial charge in [0.1, 0.15) is 6.61 Å². The number of unbranched alkanes of at least 4 members (excludes halogenated alkanes) is 3. The van der Waals surface area contributed by atoms with Crippen LogP contribution in [-0.4, -0.2) is 209 Å². The highest BCUT2D eigenvalue weighted by Gasteiger charge is 2.23. The fourth-order valence-electron chi connectivity index (χ4n) is 8.71. The Morgan fingerprint density at radius 2 is 0.728 bits per heavy atom. The SMILES string of the molecule is CCCCOc1cc(C(=O)NCCCn2cc(CCCCOc3cc(C(C)=O)cc(OCCCCc4cn(CCCNC(=O)c5cc(OCCC)c(OCCC)c(OCCC)c5)nn4)c3OCCNC)nn2)cc(OCCCS(=O)(=O)O)c1OCCCS(=O)(=O)O.O=S(=O)=O.O=S(=O)=O.O=S(=O)=O. The maximum Gasteiger partial charge on any atom is 0.425 e. The highest BCUT2D eigenvalue weighted by molar-refractivity contribution is 7.86. The van der Waals surface area contributed by atoms with Crippen molar-refractivity contribution in [2.45, 2.75) is 144 Å². The van der Waals surface area contributed by atoms with Gasteiger partial charge in [-0.2, -0.15) is 16.8 Å². The Bertz CT molecular complexity index is 3880. The van der Waals surface area contributed by atoms with Gasteiger partial charge in [-0.25, -0.2) is 0 Å². The molecule has 5 N–H and O–H groups in total. The van der Waals surface area contributed by atoms with E-state index < -0.39 is 69.5 Å². The molecule has 0 saturated heterocycles. The van der Waals surface area contributed by atoms with Crippen LogP contribution in [0.2, 0.25) is 0 Å². The molecule has 0 aliphatic rings. The second kappa shape index (κ2) is 51.5. The van der Waals surface area contributed by atoms with Gasteiger partial charge < -0.3 is 58.6 Å². The molecule has 0 fully saturated rings. The molecule has 5 rings (SSSR count). The third kappa shape index (κ3) is 41.3. The third-order valence-electron chi connectivity index (χ3n) is 13.4. The van der Waals surface area contributed by atoms with Gasteiger partial charge in [-0.05, 0) is 140 Å². The number of Topliss-reactive ketones (excluding diaryl/α,β-unsaturated/α-hetero) is 1. The Hall–Kier alpha value is -8.61. The molecule has 0 spiro atoms. The van der Waals surface area contributed by atoms with E-state index in [9.17, 15) is 40.3 Å². The van der Waals surface area contributed by atoms with E-state index in [1.54, 1.807) is 33.6 Å². The largest absolute Gasteiger partial charge is 0.490 e. The summed E-state index contributed by atoms with van der Waals surface area (Å²) in [5.74, 6) is 0.978. The summed E-state index contributed by atoms with van der Waals surface area (Å²) in [6.07, 6.45) is 12.7. The summed E-state index contributed by atoms with van der Waals surface area (Å²) in [7, 11) is -16.0. The molecular formula is C62H93N9O27S5. The van der Waals surface area contributed by atoms with Crippen molar-refractivity contribution in [3.05, 3.63) is 76.9 Å². The lowest BCUT2D eigenvalue weighted by atomic mass is 10.1. The number of carbonyl (C=O) groups is 3. The molecule has 41 heteroatoms. The highest BCUT2D eigenvalue weighted by atomic mass is 32.2. The van der Waals surface area contributed by atoms with Crippen molar-refractivity contribution < 1.29 is 121 Å². The van der Waals surface area contributed by atoms with Crippen LogP contribution in [0.5, 0.6) is 51.7 Å². The molecule has 103 heavy (non-hydrogen) atoms. The number of nitrogens with zero attached hydrogens (tertiary/aromatic N) is 6. The standard InChI is InChI=1S/C62H93N9O18S2.3O3S/c1-7-11-30-83-56-42-49(43-57(86-33-18-36-90(75,76)77)59(56)88-34-19-37-91(78,79)80)62(74)65-23-17-26-71-45-51(67-69-71)21-13-15-32-85-53-39-47(46(5)72)38-52(60(53)89-35-24-63-6)84-31-14-12-20-50-44-70(68-66-50)25-16-22-64-61(73)48-40-54(81-27-8-2)58(87-29-10-4)55(41-48)82-28-9-3;3*1-4(2)3/h38-45,63H,7-37H2,1-6H3,(H,64,73)(H,65,74)(H,75,76,77)(H,78,79,80);;;. The fraction of sp³-hybridized carbons (Fsp3) is 0.597. The number of carbonyl (C=O) groups excluding carboxylic acids is 3. The van der Waals surface area contributed by atoms with Gasteiger partial charge in [-0.1, -0.05) is 44.5 Å². The molecule has 36 nitrogen and oxygen atoms in total. The van der Waals surface area contributed by atoms with Gasteiger partial charge in [0.2, 0.25) is 17.2 Å². The smallest absolute Gasteiger partial charge is 0.425 e. The van der Waals surface area contributed by atoms with Crippen molar-refractivity contribution >= 4 is 69.7 Å². The first-order valence-electron chi connectivity index (χ1n) is 32.9. The zero-order valence-electron chi connectivity index (χ0n) is 58.4. The summed E-state index contributed by atoms with van der Waals surface area (Å²) in [5, 5.41) is 26.2. The van der Waals surface area contributed by atoms with E-state index in [1.807, 2.05) is 47.1 Å². The van der Waals surface area contributed by atoms with Crippen LogP contribution in [0.1, 0.15) is 161 Å². The van der Waals surface area contributed by atoms with Crippen LogP contribution >= 0.6 is 0 Å². The van der Waals surface area contributed by atoms with Gasteiger partial charge in [-0.15, -0.1) is 48.1 Å². The Labute approximate surface area is 603 Å². The summed E-state index contributed by atoms with van der Waals surface area (Å²) in [4.78, 5) is 39.6. The molecule has 0 atom stereocenters. The third-order valence-corrected chi connectivity index (χ3v) is 15.0. The quantitative estimate of drug-likeness (QED) is 0.0195. The number of ether oxygens (including phenoxy) is 9. The molecule has 0 aliphatic heterocycles. The molecule has 2 amide bonds. The predicted molar refractivity (Wildman–Crippen MR) is 369 cm³/mol. The van der Waals surface area contributed by atoms with E-state index in [1.165, 1.54) is 19.1 Å². The van der Waals surface area contributed by atoms with Crippen molar-refractivity contribution in [1.82, 2.24) is 45.9 Å². The molecule has 3 aromatic carbocycles. The molecule has 0 aliphatic carbocycles. The lowest BCUT2D eigenvalue weighted by Gasteiger charge is -2.18. The lowest BCUT2D eigenvalue weighted by molar-refractivity contribution is 0.0943. The fourth-order valence-corrected chi connectivity index (χ4v) is 9.67. The van der Waals surface area contributed by atoms with Crippen LogP contribution < -0.4 is 58.6 Å². The predicted octanol–water partition coefficient (Wildman–Crippen LogP) is 4.96. The molecule has 2 aromatic heterocycles. The average Bonchev–Trinajstić information content (AvgIpc) is 1.26. The summed E-state index contributed by atoms with van der Waals surface area (Å²) >= 11 is 0. The summed E-state index contributed by atoms with van der Waals surface area (Å²) in [6.45, 7) is 14.1. The maximum atomic E-state index is 13.5. The van der Waals surface area contributed by atoms with E-state index in [0.29, 0.717) is 156 Å². The molecule has 0 radical (unpaired) electrons. The first kappa shape index (κ1) is 90.5. The molecule has 578 valence electrons. The van der Waals surface area contributed by atoms with Gasteiger partial charge in [0, 0.05) is 61.8 Å². The number of nitrogens with one attached hydrogen (secondary N) is 3. The zero-order valence-corrected chi connectivity index (χ0v) is 62.4. The lowest BCUT2D eigenvalue weighted by Crippen LogP contribution is -2.25. The van der Waals surface area contributed by atoms with Gasteiger partial charge in [-0.3, -0.25) is 32.9 Å². The Kier molecular flexibility index (Phi) is 45.3. The van der Waals surface area contributed by atoms with Crippen molar-refractivity contribution in [3.8, 4) is 51.7 Å². The van der Waals surface area contributed by atoms with E-state index in [0.717, 1.165) is 49.9 Å². The first-order chi connectivity index (χ1) is 49.0. The molecule has 5 aromatic rings. The van der Waals surface area contributed by atoms with Gasteiger partial charge >= 0.3 is 31.8 Å². The first-order valence-corrected chi connectivity index (χ1v) is 39.2. The average molecular weight is 1560 g/mol. The van der Waals surface area contributed by atoms with E-state index >= 15 is 0 Å². The van der Waals surface area contributed by atoms with E-state index in [-0.39, 0.29) is 73.7 Å². The molecular weight excluding hydrogens is 1460 g/mol. The summed E-state index contributed by atoms with van der Waals surface area (Å²) < 4.78 is 197. The van der Waals surface area contributed by atoms with Crippen LogP contribution in [0.3, 0.4) is 0 Å². The number of hydrogen-bond donors (Lipinski definition) is 5. The van der Waals surface area contributed by atoms with Crippen molar-refractivity contribution in [2.75, 3.05) is 97.6 Å². The Morgan fingerprint density at radius 1 is 0.417 bits per heavy atom. The minimum Gasteiger partial charge on any atom is -0.490 e. The van der Waals surface area contributed by atoms with Gasteiger partial charge in [0.25, 0.3) is 32.1 Å². The maximum absolute atomic E-state index is 13.5.